The fourth-order valence-corrected chi connectivity index (χ4v) is 1.28. The van der Waals surface area contributed by atoms with Gasteiger partial charge in [0.25, 0.3) is 0 Å². The predicted molar refractivity (Wildman–Crippen MR) is 47.5 cm³/mol. The molecule has 0 aliphatic heterocycles. The molecule has 0 saturated heterocycles. The molecule has 0 rings (SSSR count). The average Bonchev–Trinajstić information content (AvgIpc) is 2.05. The number of rotatable bonds is 5. The number of likely N-dealkylation sites (N-methyl/N-ethyl adjacent to an activating group) is 1. The molecule has 0 aromatic heterocycles. The van der Waals surface area contributed by atoms with Gasteiger partial charge in [-0.2, -0.15) is 17.0 Å². The van der Waals surface area contributed by atoms with Crippen molar-refractivity contribution in [3.05, 3.63) is 0 Å². The van der Waals surface area contributed by atoms with Gasteiger partial charge in [0.2, 0.25) is 0 Å². The second-order valence-electron chi connectivity index (χ2n) is 2.25. The van der Waals surface area contributed by atoms with E-state index in [0.717, 1.165) is 12.2 Å². The van der Waals surface area contributed by atoms with E-state index < -0.39 is 6.10 Å². The summed E-state index contributed by atoms with van der Waals surface area (Å²) in [6.07, 6.45) is 1.95. The number of nitrogens with zero attached hydrogens (tertiary/aromatic N) is 1. The molecule has 2 atom stereocenters. The van der Waals surface area contributed by atoms with Gasteiger partial charge in [0.15, 0.2) is 6.10 Å². The molecule has 0 fully saturated rings. The van der Waals surface area contributed by atoms with Crippen LogP contribution in [-0.4, -0.2) is 36.3 Å². The Morgan fingerprint density at radius 3 is 2.73 bits per heavy atom. The van der Waals surface area contributed by atoms with Crippen molar-refractivity contribution in [2.75, 3.05) is 19.1 Å². The standard InChI is InChI=1S/C7H14N2OS/c1-9-6(3-4-11-2)7(10)5-8/h6-7,9-10H,3-4H2,1-2H3. The quantitative estimate of drug-likeness (QED) is 0.585. The van der Waals surface area contributed by atoms with Crippen molar-refractivity contribution in [3.63, 3.8) is 0 Å². The number of hydrogen-bond acceptors (Lipinski definition) is 4. The van der Waals surface area contributed by atoms with E-state index >= 15 is 0 Å². The van der Waals surface area contributed by atoms with Gasteiger partial charge in [-0.15, -0.1) is 0 Å². The van der Waals surface area contributed by atoms with Gasteiger partial charge in [-0.05, 0) is 25.5 Å². The van der Waals surface area contributed by atoms with Crippen LogP contribution in [0.2, 0.25) is 0 Å². The number of nitrogens with one attached hydrogen (secondary N) is 1. The Bertz CT molecular complexity index is 135. The summed E-state index contributed by atoms with van der Waals surface area (Å²) < 4.78 is 0. The number of aliphatic hydroxyl groups excluding tert-OH is 1. The first-order valence-corrected chi connectivity index (χ1v) is 4.89. The molecule has 0 aromatic carbocycles. The molecule has 2 N–H and O–H groups in total. The minimum Gasteiger partial charge on any atom is -0.376 e. The van der Waals surface area contributed by atoms with Crippen molar-refractivity contribution in [1.82, 2.24) is 5.32 Å². The lowest BCUT2D eigenvalue weighted by Gasteiger charge is -2.15. The van der Waals surface area contributed by atoms with E-state index in [9.17, 15) is 0 Å². The third-order valence-corrected chi connectivity index (χ3v) is 2.16. The average molecular weight is 174 g/mol. The number of aliphatic hydroxyl groups is 1. The molecule has 0 aliphatic carbocycles. The van der Waals surface area contributed by atoms with E-state index in [4.69, 9.17) is 10.4 Å². The van der Waals surface area contributed by atoms with Crippen molar-refractivity contribution in [1.29, 1.82) is 5.26 Å². The maximum atomic E-state index is 9.11. The van der Waals surface area contributed by atoms with Crippen LogP contribution in [0.3, 0.4) is 0 Å². The third kappa shape index (κ3) is 4.25. The van der Waals surface area contributed by atoms with Gasteiger partial charge in [-0.25, -0.2) is 0 Å². The normalized spacial score (nSPS) is 15.5. The first-order valence-electron chi connectivity index (χ1n) is 3.50. The lowest BCUT2D eigenvalue weighted by atomic mass is 10.1. The number of thioether (sulfide) groups is 1. The second kappa shape index (κ2) is 6.47. The van der Waals surface area contributed by atoms with Crippen LogP contribution in [0.25, 0.3) is 0 Å². The molecular formula is C7H14N2OS. The summed E-state index contributed by atoms with van der Waals surface area (Å²) in [5.41, 5.74) is 0. The fraction of sp³-hybridized carbons (Fsp3) is 0.857. The summed E-state index contributed by atoms with van der Waals surface area (Å²) in [4.78, 5) is 0. The van der Waals surface area contributed by atoms with Crippen molar-refractivity contribution in [2.24, 2.45) is 0 Å². The van der Waals surface area contributed by atoms with Crippen LogP contribution in [0, 0.1) is 11.3 Å². The van der Waals surface area contributed by atoms with E-state index in [1.165, 1.54) is 0 Å². The summed E-state index contributed by atoms with van der Waals surface area (Å²) in [5.74, 6) is 0.963. The highest BCUT2D eigenvalue weighted by Gasteiger charge is 2.14. The predicted octanol–water partition coefficient (Wildman–Crippen LogP) is 0.212. The molecule has 0 radical (unpaired) electrons. The van der Waals surface area contributed by atoms with Crippen LogP contribution in [-0.2, 0) is 0 Å². The highest BCUT2D eigenvalue weighted by atomic mass is 32.2. The second-order valence-corrected chi connectivity index (χ2v) is 3.24. The van der Waals surface area contributed by atoms with Gasteiger partial charge in [0.1, 0.15) is 0 Å². The Labute approximate surface area is 71.8 Å². The van der Waals surface area contributed by atoms with Gasteiger partial charge >= 0.3 is 0 Å². The van der Waals surface area contributed by atoms with Crippen LogP contribution in [0.15, 0.2) is 0 Å². The Balaban J connectivity index is 3.67. The van der Waals surface area contributed by atoms with Gasteiger partial charge < -0.3 is 10.4 Å². The maximum absolute atomic E-state index is 9.11. The largest absolute Gasteiger partial charge is 0.376 e. The zero-order valence-corrected chi connectivity index (χ0v) is 7.69. The third-order valence-electron chi connectivity index (χ3n) is 1.52. The van der Waals surface area contributed by atoms with Crippen LogP contribution in [0.5, 0.6) is 0 Å². The van der Waals surface area contributed by atoms with E-state index in [1.54, 1.807) is 18.8 Å². The van der Waals surface area contributed by atoms with Crippen molar-refractivity contribution in [2.45, 2.75) is 18.6 Å². The molecule has 0 aliphatic rings. The smallest absolute Gasteiger partial charge is 0.155 e. The highest BCUT2D eigenvalue weighted by molar-refractivity contribution is 7.98. The SMILES string of the molecule is CNC(CCSC)C(O)C#N. The maximum Gasteiger partial charge on any atom is 0.155 e. The lowest BCUT2D eigenvalue weighted by molar-refractivity contribution is 0.181. The Morgan fingerprint density at radius 1 is 1.73 bits per heavy atom. The molecule has 11 heavy (non-hydrogen) atoms. The highest BCUT2D eigenvalue weighted by Crippen LogP contribution is 2.03. The monoisotopic (exact) mass is 174 g/mol. The van der Waals surface area contributed by atoms with Gasteiger partial charge in [0, 0.05) is 6.04 Å². The number of nitriles is 1. The molecular weight excluding hydrogens is 160 g/mol. The molecule has 2 unspecified atom stereocenters. The van der Waals surface area contributed by atoms with E-state index in [1.807, 2.05) is 12.3 Å². The van der Waals surface area contributed by atoms with Crippen LogP contribution < -0.4 is 5.32 Å². The Kier molecular flexibility index (Phi) is 6.33. The molecule has 0 saturated carbocycles. The summed E-state index contributed by atoms with van der Waals surface area (Å²) in [6, 6.07) is 1.72. The Morgan fingerprint density at radius 2 is 2.36 bits per heavy atom. The molecule has 4 heteroatoms. The topological polar surface area (TPSA) is 56.0 Å². The molecule has 64 valence electrons. The molecule has 0 bridgehead atoms. The van der Waals surface area contributed by atoms with Gasteiger partial charge in [-0.1, -0.05) is 0 Å². The molecule has 0 heterocycles. The first kappa shape index (κ1) is 10.8. The minimum atomic E-state index is -0.882. The zero-order valence-electron chi connectivity index (χ0n) is 6.87. The summed E-state index contributed by atoms with van der Waals surface area (Å²) in [5, 5.41) is 20.4. The van der Waals surface area contributed by atoms with Crippen LogP contribution in [0.4, 0.5) is 0 Å². The Hall–Kier alpha value is -0.240. The minimum absolute atomic E-state index is 0.0903. The van der Waals surface area contributed by atoms with Crippen molar-refractivity contribution in [3.8, 4) is 6.07 Å². The summed E-state index contributed by atoms with van der Waals surface area (Å²) in [6.45, 7) is 0. The number of hydrogen-bond donors (Lipinski definition) is 2. The zero-order chi connectivity index (χ0) is 8.69. The summed E-state index contributed by atoms with van der Waals surface area (Å²) >= 11 is 1.71. The molecule has 0 spiro atoms. The summed E-state index contributed by atoms with van der Waals surface area (Å²) in [7, 11) is 1.76. The van der Waals surface area contributed by atoms with Crippen molar-refractivity contribution >= 4 is 11.8 Å². The van der Waals surface area contributed by atoms with Gasteiger partial charge in [-0.3, -0.25) is 0 Å². The molecule has 0 amide bonds. The lowest BCUT2D eigenvalue weighted by Crippen LogP contribution is -2.37. The van der Waals surface area contributed by atoms with E-state index in [-0.39, 0.29) is 6.04 Å². The van der Waals surface area contributed by atoms with Gasteiger partial charge in [0.05, 0.1) is 6.07 Å². The van der Waals surface area contributed by atoms with E-state index in [2.05, 4.69) is 5.32 Å². The first-order chi connectivity index (χ1) is 5.26. The molecule has 3 nitrogen and oxygen atoms in total. The molecule has 0 aromatic rings. The van der Waals surface area contributed by atoms with E-state index in [0.29, 0.717) is 0 Å². The fourth-order valence-electron chi connectivity index (χ4n) is 0.795. The van der Waals surface area contributed by atoms with Crippen molar-refractivity contribution < 1.29 is 5.11 Å². The van der Waals surface area contributed by atoms with Crippen LogP contribution >= 0.6 is 11.8 Å². The van der Waals surface area contributed by atoms with Crippen LogP contribution in [0.1, 0.15) is 6.42 Å².